The number of carboxylic acid groups (broad SMARTS) is 1. The van der Waals surface area contributed by atoms with Crippen molar-refractivity contribution in [3.8, 4) is 0 Å². The van der Waals surface area contributed by atoms with Gasteiger partial charge in [0.1, 0.15) is 5.01 Å². The van der Waals surface area contributed by atoms with Gasteiger partial charge in [-0.2, -0.15) is 0 Å². The van der Waals surface area contributed by atoms with Crippen LogP contribution in [0.4, 0.5) is 0 Å². The molecule has 0 bridgehead atoms. The lowest BCUT2D eigenvalue weighted by Crippen LogP contribution is -2.29. The number of hydrogen-bond acceptors (Lipinski definition) is 4. The Morgan fingerprint density at radius 1 is 1.47 bits per heavy atom. The van der Waals surface area contributed by atoms with Crippen molar-refractivity contribution in [1.29, 1.82) is 0 Å². The number of aliphatic carboxylic acids is 1. The third-order valence-corrected chi connectivity index (χ3v) is 4.89. The minimum atomic E-state index is -0.900. The van der Waals surface area contributed by atoms with E-state index in [2.05, 4.69) is 10.3 Å². The van der Waals surface area contributed by atoms with Gasteiger partial charge in [0.25, 0.3) is 0 Å². The van der Waals surface area contributed by atoms with Gasteiger partial charge < -0.3 is 10.4 Å². The van der Waals surface area contributed by atoms with E-state index in [4.69, 9.17) is 5.11 Å². The second-order valence-corrected chi connectivity index (χ2v) is 6.56. The van der Waals surface area contributed by atoms with Crippen molar-refractivity contribution >= 4 is 23.2 Å². The van der Waals surface area contributed by atoms with E-state index >= 15 is 0 Å². The van der Waals surface area contributed by atoms with Crippen molar-refractivity contribution in [3.05, 3.63) is 16.1 Å². The van der Waals surface area contributed by atoms with Crippen LogP contribution < -0.4 is 5.32 Å². The summed E-state index contributed by atoms with van der Waals surface area (Å²) in [6, 6.07) is -0.183. The van der Waals surface area contributed by atoms with Gasteiger partial charge in [0.15, 0.2) is 0 Å². The Labute approximate surface area is 116 Å². The van der Waals surface area contributed by atoms with Crippen LogP contribution in [0, 0.1) is 24.2 Å². The first-order valence-electron chi connectivity index (χ1n) is 6.20. The molecule has 5 nitrogen and oxygen atoms in total. The van der Waals surface area contributed by atoms with E-state index in [1.54, 1.807) is 0 Å². The molecule has 19 heavy (non-hydrogen) atoms. The SMILES string of the molecule is Cc1csc(C(C)NC(=O)[C@H]2[C@@H](C(=O)O)C2(C)C)n1. The smallest absolute Gasteiger partial charge is 0.307 e. The topological polar surface area (TPSA) is 79.3 Å². The maximum Gasteiger partial charge on any atom is 0.307 e. The van der Waals surface area contributed by atoms with Gasteiger partial charge in [0, 0.05) is 11.1 Å². The molecule has 1 aliphatic rings. The third-order valence-electron chi connectivity index (χ3n) is 3.74. The van der Waals surface area contributed by atoms with Gasteiger partial charge in [0.05, 0.1) is 17.9 Å². The van der Waals surface area contributed by atoms with E-state index in [1.807, 2.05) is 33.1 Å². The van der Waals surface area contributed by atoms with Gasteiger partial charge in [-0.1, -0.05) is 13.8 Å². The third kappa shape index (κ3) is 2.49. The molecule has 1 amide bonds. The quantitative estimate of drug-likeness (QED) is 0.885. The van der Waals surface area contributed by atoms with Gasteiger partial charge in [-0.3, -0.25) is 9.59 Å². The highest BCUT2D eigenvalue weighted by atomic mass is 32.1. The molecule has 1 aromatic heterocycles. The first-order chi connectivity index (χ1) is 8.75. The molecular weight excluding hydrogens is 264 g/mol. The molecule has 1 aromatic rings. The molecule has 1 fully saturated rings. The number of rotatable bonds is 4. The average molecular weight is 282 g/mol. The van der Waals surface area contributed by atoms with Gasteiger partial charge in [-0.15, -0.1) is 11.3 Å². The lowest BCUT2D eigenvalue weighted by molar-refractivity contribution is -0.140. The molecule has 1 aliphatic carbocycles. The highest BCUT2D eigenvalue weighted by Crippen LogP contribution is 2.58. The fourth-order valence-electron chi connectivity index (χ4n) is 2.52. The Bertz CT molecular complexity index is 524. The number of nitrogens with one attached hydrogen (secondary N) is 1. The van der Waals surface area contributed by atoms with Gasteiger partial charge >= 0.3 is 5.97 Å². The van der Waals surface area contributed by atoms with Crippen LogP contribution in [0.25, 0.3) is 0 Å². The van der Waals surface area contributed by atoms with Crippen molar-refractivity contribution in [1.82, 2.24) is 10.3 Å². The molecule has 0 saturated heterocycles. The molecule has 3 atom stereocenters. The molecular formula is C13H18N2O3S. The van der Waals surface area contributed by atoms with Crippen molar-refractivity contribution in [2.45, 2.75) is 33.7 Å². The van der Waals surface area contributed by atoms with Gasteiger partial charge in [0.2, 0.25) is 5.91 Å². The first-order valence-corrected chi connectivity index (χ1v) is 7.08. The summed E-state index contributed by atoms with van der Waals surface area (Å²) in [6.45, 7) is 7.39. The lowest BCUT2D eigenvalue weighted by Gasteiger charge is -2.11. The van der Waals surface area contributed by atoms with Crippen LogP contribution in [0.1, 0.15) is 37.5 Å². The molecule has 2 rings (SSSR count). The monoisotopic (exact) mass is 282 g/mol. The van der Waals surface area contributed by atoms with Crippen LogP contribution in [0.15, 0.2) is 5.38 Å². The maximum atomic E-state index is 12.1. The molecule has 104 valence electrons. The summed E-state index contributed by atoms with van der Waals surface area (Å²) in [6.07, 6.45) is 0. The van der Waals surface area contributed by atoms with E-state index < -0.39 is 23.2 Å². The van der Waals surface area contributed by atoms with Crippen LogP contribution in [-0.2, 0) is 9.59 Å². The van der Waals surface area contributed by atoms with Crippen molar-refractivity contribution in [2.75, 3.05) is 0 Å². The Hall–Kier alpha value is -1.43. The largest absolute Gasteiger partial charge is 0.481 e. The van der Waals surface area contributed by atoms with E-state index in [0.29, 0.717) is 0 Å². The Kier molecular flexibility index (Phi) is 3.38. The molecule has 0 spiro atoms. The zero-order valence-corrected chi connectivity index (χ0v) is 12.2. The molecule has 2 N–H and O–H groups in total. The number of amides is 1. The highest BCUT2D eigenvalue weighted by molar-refractivity contribution is 7.09. The fourth-order valence-corrected chi connectivity index (χ4v) is 3.33. The van der Waals surface area contributed by atoms with E-state index in [9.17, 15) is 9.59 Å². The number of thiazole rings is 1. The van der Waals surface area contributed by atoms with Crippen molar-refractivity contribution < 1.29 is 14.7 Å². The number of carbonyl (C=O) groups excluding carboxylic acids is 1. The standard InChI is InChI=1S/C13H18N2O3S/c1-6-5-19-11(14-6)7(2)15-10(16)8-9(12(17)18)13(8,3)4/h5,7-9H,1-4H3,(H,15,16)(H,17,18)/t7?,8-,9+/m1/s1. The predicted molar refractivity (Wildman–Crippen MR) is 71.8 cm³/mol. The molecule has 0 aromatic carbocycles. The van der Waals surface area contributed by atoms with Crippen LogP contribution in [0.2, 0.25) is 0 Å². The second-order valence-electron chi connectivity index (χ2n) is 5.67. The summed E-state index contributed by atoms with van der Waals surface area (Å²) < 4.78 is 0. The number of carbonyl (C=O) groups is 2. The summed E-state index contributed by atoms with van der Waals surface area (Å²) in [5.41, 5.74) is 0.463. The van der Waals surface area contributed by atoms with Crippen molar-refractivity contribution in [2.24, 2.45) is 17.3 Å². The predicted octanol–water partition coefficient (Wildman–Crippen LogP) is 1.99. The summed E-state index contributed by atoms with van der Waals surface area (Å²) >= 11 is 1.50. The fraction of sp³-hybridized carbons (Fsp3) is 0.615. The van der Waals surface area contributed by atoms with E-state index in [1.165, 1.54) is 11.3 Å². The number of hydrogen-bond donors (Lipinski definition) is 2. The maximum absolute atomic E-state index is 12.1. The highest BCUT2D eigenvalue weighted by Gasteiger charge is 2.65. The van der Waals surface area contributed by atoms with Crippen LogP contribution >= 0.6 is 11.3 Å². The number of aromatic nitrogens is 1. The second kappa shape index (κ2) is 4.59. The molecule has 6 heteroatoms. The first kappa shape index (κ1) is 14.0. The summed E-state index contributed by atoms with van der Waals surface area (Å²) in [5.74, 6) is -2.13. The minimum absolute atomic E-state index is 0.183. The Morgan fingerprint density at radius 2 is 2.11 bits per heavy atom. The molecule has 1 unspecified atom stereocenters. The zero-order valence-electron chi connectivity index (χ0n) is 11.4. The van der Waals surface area contributed by atoms with E-state index in [0.717, 1.165) is 10.7 Å². The van der Waals surface area contributed by atoms with Gasteiger partial charge in [-0.25, -0.2) is 4.98 Å². The van der Waals surface area contributed by atoms with E-state index in [-0.39, 0.29) is 11.9 Å². The van der Waals surface area contributed by atoms with Crippen LogP contribution in [-0.4, -0.2) is 22.0 Å². The summed E-state index contributed by atoms with van der Waals surface area (Å²) in [5, 5.41) is 14.7. The Morgan fingerprint density at radius 3 is 2.53 bits per heavy atom. The number of aryl methyl sites for hydroxylation is 1. The molecule has 0 aliphatic heterocycles. The molecule has 1 heterocycles. The van der Waals surface area contributed by atoms with Crippen LogP contribution in [0.5, 0.6) is 0 Å². The zero-order chi connectivity index (χ0) is 14.4. The number of nitrogens with zero attached hydrogens (tertiary/aromatic N) is 1. The van der Waals surface area contributed by atoms with Crippen molar-refractivity contribution in [3.63, 3.8) is 0 Å². The minimum Gasteiger partial charge on any atom is -0.481 e. The van der Waals surface area contributed by atoms with Crippen LogP contribution in [0.3, 0.4) is 0 Å². The summed E-state index contributed by atoms with van der Waals surface area (Å²) in [4.78, 5) is 27.5. The lowest BCUT2D eigenvalue weighted by atomic mass is 10.1. The number of carboxylic acids is 1. The normalized spacial score (nSPS) is 25.7. The average Bonchev–Trinajstić information content (AvgIpc) is 2.65. The van der Waals surface area contributed by atoms with Gasteiger partial charge in [-0.05, 0) is 19.3 Å². The Balaban J connectivity index is 2.01. The molecule has 0 radical (unpaired) electrons. The summed E-state index contributed by atoms with van der Waals surface area (Å²) in [7, 11) is 0. The molecule has 1 saturated carbocycles.